The van der Waals surface area contributed by atoms with Crippen LogP contribution in [0.3, 0.4) is 0 Å². The molecule has 7 heteroatoms. The topological polar surface area (TPSA) is 61.8 Å². The fourth-order valence-electron chi connectivity index (χ4n) is 1.66. The Labute approximate surface area is 111 Å². The normalized spacial score (nSPS) is 11.3. The molecule has 0 atom stereocenters. The first-order chi connectivity index (χ1) is 8.41. The van der Waals surface area contributed by atoms with Crippen LogP contribution < -0.4 is 9.47 Å². The summed E-state index contributed by atoms with van der Waals surface area (Å²) in [4.78, 5) is 0. The van der Waals surface area contributed by atoms with Gasteiger partial charge in [-0.15, -0.1) is 0 Å². The van der Waals surface area contributed by atoms with Gasteiger partial charge in [-0.2, -0.15) is 0 Å². The molecule has 102 valence electrons. The van der Waals surface area contributed by atoms with E-state index < -0.39 is 9.05 Å². The Balaban J connectivity index is 3.32. The van der Waals surface area contributed by atoms with Crippen LogP contribution in [0.4, 0.5) is 0 Å². The van der Waals surface area contributed by atoms with Crippen LogP contribution in [0.2, 0.25) is 0 Å². The summed E-state index contributed by atoms with van der Waals surface area (Å²) < 4.78 is 37.7. The largest absolute Gasteiger partial charge is 0.497 e. The lowest BCUT2D eigenvalue weighted by Crippen LogP contribution is -2.03. The zero-order valence-electron chi connectivity index (χ0n) is 10.4. The van der Waals surface area contributed by atoms with E-state index in [2.05, 4.69) is 0 Å². The van der Waals surface area contributed by atoms with Crippen LogP contribution in [-0.2, 0) is 26.1 Å². The fourth-order valence-corrected chi connectivity index (χ4v) is 2.60. The molecule has 0 saturated carbocycles. The Hall–Kier alpha value is -0.980. The summed E-state index contributed by atoms with van der Waals surface area (Å²) in [5.41, 5.74) is 1.15. The molecule has 1 aromatic carbocycles. The standard InChI is InChI=1S/C11H15ClO5S/c1-15-6-8-4-10(16-2)5-9(11(8)17-3)7-18(12,13)14/h4-5H,6-7H2,1-3H3. The van der Waals surface area contributed by atoms with Crippen LogP contribution in [0.1, 0.15) is 11.1 Å². The van der Waals surface area contributed by atoms with Gasteiger partial charge in [0.05, 0.1) is 26.6 Å². The van der Waals surface area contributed by atoms with Crippen molar-refractivity contribution in [2.45, 2.75) is 12.4 Å². The smallest absolute Gasteiger partial charge is 0.236 e. The third-order valence-corrected chi connectivity index (χ3v) is 3.27. The quantitative estimate of drug-likeness (QED) is 0.750. The molecule has 0 radical (unpaired) electrons. The second-order valence-electron chi connectivity index (χ2n) is 3.60. The average Bonchev–Trinajstić information content (AvgIpc) is 2.27. The van der Waals surface area contributed by atoms with E-state index in [1.54, 1.807) is 12.1 Å². The van der Waals surface area contributed by atoms with Crippen molar-refractivity contribution < 1.29 is 22.6 Å². The fraction of sp³-hybridized carbons (Fsp3) is 0.455. The first-order valence-corrected chi connectivity index (χ1v) is 7.54. The molecule has 5 nitrogen and oxygen atoms in total. The highest BCUT2D eigenvalue weighted by Gasteiger charge is 2.17. The van der Waals surface area contributed by atoms with Crippen molar-refractivity contribution in [1.82, 2.24) is 0 Å². The van der Waals surface area contributed by atoms with Crippen LogP contribution in [0.15, 0.2) is 12.1 Å². The maximum absolute atomic E-state index is 11.2. The molecule has 0 heterocycles. The van der Waals surface area contributed by atoms with E-state index in [0.717, 1.165) is 0 Å². The molecule has 1 aromatic rings. The van der Waals surface area contributed by atoms with Crippen molar-refractivity contribution in [3.63, 3.8) is 0 Å². The zero-order chi connectivity index (χ0) is 13.8. The summed E-state index contributed by atoms with van der Waals surface area (Å²) in [7, 11) is 6.10. The third-order valence-electron chi connectivity index (χ3n) is 2.28. The lowest BCUT2D eigenvalue weighted by Gasteiger charge is -2.14. The van der Waals surface area contributed by atoms with E-state index in [0.29, 0.717) is 22.6 Å². The van der Waals surface area contributed by atoms with Gasteiger partial charge in [-0.25, -0.2) is 8.42 Å². The molecule has 0 saturated heterocycles. The number of rotatable bonds is 6. The molecule has 0 amide bonds. The van der Waals surface area contributed by atoms with Crippen LogP contribution in [0, 0.1) is 0 Å². The number of benzene rings is 1. The van der Waals surface area contributed by atoms with Gasteiger partial charge in [-0.05, 0) is 12.1 Å². The molecule has 0 spiro atoms. The maximum Gasteiger partial charge on any atom is 0.236 e. The molecule has 1 rings (SSSR count). The zero-order valence-corrected chi connectivity index (χ0v) is 12.0. The van der Waals surface area contributed by atoms with Gasteiger partial charge in [0.25, 0.3) is 0 Å². The molecule has 0 unspecified atom stereocenters. The highest BCUT2D eigenvalue weighted by atomic mass is 35.7. The third kappa shape index (κ3) is 4.04. The van der Waals surface area contributed by atoms with Crippen molar-refractivity contribution in [1.29, 1.82) is 0 Å². The predicted molar refractivity (Wildman–Crippen MR) is 68.7 cm³/mol. The average molecular weight is 295 g/mol. The number of hydrogen-bond acceptors (Lipinski definition) is 5. The SMILES string of the molecule is COCc1cc(OC)cc(CS(=O)(=O)Cl)c1OC. The van der Waals surface area contributed by atoms with Gasteiger partial charge in [0.1, 0.15) is 11.5 Å². The molecule has 0 aliphatic carbocycles. The van der Waals surface area contributed by atoms with Gasteiger partial charge in [0.15, 0.2) is 0 Å². The predicted octanol–water partition coefficient (Wildman–Crippen LogP) is 1.92. The number of methoxy groups -OCH3 is 3. The number of hydrogen-bond donors (Lipinski definition) is 0. The van der Waals surface area contributed by atoms with Gasteiger partial charge in [-0.1, -0.05) is 0 Å². The first-order valence-electron chi connectivity index (χ1n) is 5.06. The first kappa shape index (κ1) is 15.1. The van der Waals surface area contributed by atoms with Crippen LogP contribution in [0.25, 0.3) is 0 Å². The Morgan fingerprint density at radius 1 is 1.11 bits per heavy atom. The van der Waals surface area contributed by atoms with Crippen molar-refractivity contribution in [2.75, 3.05) is 21.3 Å². The lowest BCUT2D eigenvalue weighted by atomic mass is 10.1. The molecule has 0 aliphatic rings. The van der Waals surface area contributed by atoms with E-state index in [1.807, 2.05) is 0 Å². The summed E-state index contributed by atoms with van der Waals surface area (Å²) in [5, 5.41) is 0. The van der Waals surface area contributed by atoms with E-state index in [1.165, 1.54) is 21.3 Å². The summed E-state index contributed by atoms with van der Waals surface area (Å²) >= 11 is 0. The molecule has 18 heavy (non-hydrogen) atoms. The summed E-state index contributed by atoms with van der Waals surface area (Å²) in [6.45, 7) is 0.287. The summed E-state index contributed by atoms with van der Waals surface area (Å²) in [6, 6.07) is 3.31. The van der Waals surface area contributed by atoms with Gasteiger partial charge in [0.2, 0.25) is 9.05 Å². The van der Waals surface area contributed by atoms with E-state index in [9.17, 15) is 8.42 Å². The number of ether oxygens (including phenoxy) is 3. The highest BCUT2D eigenvalue weighted by molar-refractivity contribution is 8.13. The van der Waals surface area contributed by atoms with E-state index in [4.69, 9.17) is 24.9 Å². The Kier molecular flexibility index (Phi) is 5.25. The highest BCUT2D eigenvalue weighted by Crippen LogP contribution is 2.31. The maximum atomic E-state index is 11.2. The van der Waals surface area contributed by atoms with Crippen molar-refractivity contribution in [2.24, 2.45) is 0 Å². The van der Waals surface area contributed by atoms with Crippen LogP contribution in [-0.4, -0.2) is 29.7 Å². The monoisotopic (exact) mass is 294 g/mol. The number of halogens is 1. The van der Waals surface area contributed by atoms with Crippen molar-refractivity contribution in [3.8, 4) is 11.5 Å². The molecule has 0 N–H and O–H groups in total. The lowest BCUT2D eigenvalue weighted by molar-refractivity contribution is 0.181. The molecular weight excluding hydrogens is 280 g/mol. The molecule has 0 aliphatic heterocycles. The molecule has 0 aromatic heterocycles. The van der Waals surface area contributed by atoms with Crippen molar-refractivity contribution >= 4 is 19.7 Å². The van der Waals surface area contributed by atoms with Crippen LogP contribution >= 0.6 is 10.7 Å². The second kappa shape index (κ2) is 6.26. The minimum atomic E-state index is -3.67. The van der Waals surface area contributed by atoms with Gasteiger partial charge in [-0.3, -0.25) is 0 Å². The second-order valence-corrected chi connectivity index (χ2v) is 6.37. The minimum absolute atomic E-state index is 0.287. The molecular formula is C11H15ClO5S. The van der Waals surface area contributed by atoms with Crippen molar-refractivity contribution in [3.05, 3.63) is 23.3 Å². The van der Waals surface area contributed by atoms with Gasteiger partial charge < -0.3 is 14.2 Å². The summed E-state index contributed by atoms with van der Waals surface area (Å²) in [5.74, 6) is 0.645. The Morgan fingerprint density at radius 3 is 2.17 bits per heavy atom. The van der Waals surface area contributed by atoms with E-state index in [-0.39, 0.29) is 12.4 Å². The van der Waals surface area contributed by atoms with E-state index >= 15 is 0 Å². The minimum Gasteiger partial charge on any atom is -0.497 e. The van der Waals surface area contributed by atoms with Gasteiger partial charge >= 0.3 is 0 Å². The van der Waals surface area contributed by atoms with Crippen LogP contribution in [0.5, 0.6) is 11.5 Å². The summed E-state index contributed by atoms with van der Waals surface area (Å²) in [6.07, 6.45) is 0. The Bertz CT molecular complexity index is 512. The molecule has 0 fully saturated rings. The molecule has 0 bridgehead atoms. The Morgan fingerprint density at radius 2 is 1.72 bits per heavy atom. The van der Waals surface area contributed by atoms with Gasteiger partial charge in [0, 0.05) is 28.9 Å².